The number of halogens is 4. The van der Waals surface area contributed by atoms with Crippen molar-refractivity contribution in [2.45, 2.75) is 17.8 Å². The van der Waals surface area contributed by atoms with Crippen molar-refractivity contribution < 1.29 is 27.9 Å². The van der Waals surface area contributed by atoms with Gasteiger partial charge in [-0.3, -0.25) is 9.59 Å². The molecule has 0 saturated carbocycles. The average molecular weight is 471 g/mol. The maximum atomic E-state index is 12.8. The van der Waals surface area contributed by atoms with Crippen molar-refractivity contribution in [3.05, 3.63) is 58.6 Å². The van der Waals surface area contributed by atoms with Crippen molar-refractivity contribution in [3.63, 3.8) is 0 Å². The molecule has 2 aromatic carbocycles. The van der Waals surface area contributed by atoms with Crippen LogP contribution in [0.1, 0.15) is 17.5 Å². The summed E-state index contributed by atoms with van der Waals surface area (Å²) in [6, 6.07) is 9.00. The molecular formula is C19H14ClF3N4O3S. The molecule has 7 nitrogen and oxygen atoms in total. The van der Waals surface area contributed by atoms with E-state index in [-0.39, 0.29) is 28.0 Å². The highest BCUT2D eigenvalue weighted by Crippen LogP contribution is 2.34. The van der Waals surface area contributed by atoms with Gasteiger partial charge in [-0.25, -0.2) is 0 Å². The Bertz CT molecular complexity index is 1080. The molecule has 1 aliphatic rings. The molecule has 2 amide bonds. The number of phenols is 1. The maximum Gasteiger partial charge on any atom is 0.416 e. The van der Waals surface area contributed by atoms with E-state index in [2.05, 4.69) is 20.8 Å². The summed E-state index contributed by atoms with van der Waals surface area (Å²) >= 11 is 6.81. The van der Waals surface area contributed by atoms with Gasteiger partial charge in [0.15, 0.2) is 5.17 Å². The van der Waals surface area contributed by atoms with Crippen molar-refractivity contribution in [3.8, 4) is 5.75 Å². The van der Waals surface area contributed by atoms with E-state index in [1.54, 1.807) is 18.2 Å². The third-order valence-corrected chi connectivity index (χ3v) is 5.40. The Kier molecular flexibility index (Phi) is 6.86. The lowest BCUT2D eigenvalue weighted by Crippen LogP contribution is -2.28. The molecule has 1 heterocycles. The number of thioether (sulfide) groups is 1. The number of aromatic hydroxyl groups is 1. The largest absolute Gasteiger partial charge is 0.507 e. The fraction of sp³-hybridized carbons (Fsp3) is 0.158. The number of hydrogen-bond donors (Lipinski definition) is 3. The summed E-state index contributed by atoms with van der Waals surface area (Å²) in [4.78, 5) is 24.3. The Hall–Kier alpha value is -3.05. The van der Waals surface area contributed by atoms with Gasteiger partial charge in [-0.05, 0) is 30.3 Å². The summed E-state index contributed by atoms with van der Waals surface area (Å²) in [5.74, 6) is -1.17. The molecule has 0 aromatic heterocycles. The zero-order chi connectivity index (χ0) is 22.6. The number of anilines is 1. The molecule has 31 heavy (non-hydrogen) atoms. The van der Waals surface area contributed by atoms with Crippen LogP contribution < -0.4 is 10.6 Å². The molecular weight excluding hydrogens is 457 g/mol. The van der Waals surface area contributed by atoms with E-state index >= 15 is 0 Å². The van der Waals surface area contributed by atoms with Crippen molar-refractivity contribution in [1.29, 1.82) is 0 Å². The van der Waals surface area contributed by atoms with Crippen molar-refractivity contribution in [2.75, 3.05) is 5.32 Å². The van der Waals surface area contributed by atoms with Gasteiger partial charge in [0.2, 0.25) is 11.8 Å². The highest BCUT2D eigenvalue weighted by Gasteiger charge is 2.33. The van der Waals surface area contributed by atoms with Gasteiger partial charge in [0.1, 0.15) is 11.0 Å². The monoisotopic (exact) mass is 470 g/mol. The number of amidine groups is 1. The quantitative estimate of drug-likeness (QED) is 0.453. The standard InChI is InChI=1S/C19H14ClF3N4O3S/c20-12-6-5-11(19(21,22)23)7-13(12)25-16(29)8-15-17(30)26-18(31-15)27-24-9-10-3-1-2-4-14(10)28/h1-7,9,15,28H,8H2,(H,25,29)(H,26,27,30)/t15-/m0/s1. The van der Waals surface area contributed by atoms with Gasteiger partial charge in [-0.1, -0.05) is 35.5 Å². The van der Waals surface area contributed by atoms with Crippen LogP contribution in [0.15, 0.2) is 52.7 Å². The Morgan fingerprint density at radius 2 is 2.03 bits per heavy atom. The van der Waals surface area contributed by atoms with E-state index in [1.165, 1.54) is 12.3 Å². The summed E-state index contributed by atoms with van der Waals surface area (Å²) in [7, 11) is 0. The predicted octanol–water partition coefficient (Wildman–Crippen LogP) is 4.01. The molecule has 1 saturated heterocycles. The van der Waals surface area contributed by atoms with Crippen LogP contribution in [0.4, 0.5) is 18.9 Å². The van der Waals surface area contributed by atoms with Crippen molar-refractivity contribution in [2.24, 2.45) is 10.2 Å². The fourth-order valence-electron chi connectivity index (χ4n) is 2.49. The van der Waals surface area contributed by atoms with E-state index in [0.717, 1.165) is 30.0 Å². The van der Waals surface area contributed by atoms with Crippen LogP contribution in [0.25, 0.3) is 0 Å². The number of nitrogens with zero attached hydrogens (tertiary/aromatic N) is 2. The van der Waals surface area contributed by atoms with Gasteiger partial charge >= 0.3 is 6.18 Å². The van der Waals surface area contributed by atoms with Gasteiger partial charge in [-0.2, -0.15) is 18.3 Å². The van der Waals surface area contributed by atoms with Crippen LogP contribution in [0.3, 0.4) is 0 Å². The number of carbonyl (C=O) groups is 2. The summed E-state index contributed by atoms with van der Waals surface area (Å²) in [6.07, 6.45) is -3.61. The van der Waals surface area contributed by atoms with Gasteiger partial charge in [0.05, 0.1) is 22.5 Å². The van der Waals surface area contributed by atoms with Crippen LogP contribution in [0.5, 0.6) is 5.75 Å². The number of benzene rings is 2. The number of amides is 2. The maximum absolute atomic E-state index is 12.8. The molecule has 3 N–H and O–H groups in total. The van der Waals surface area contributed by atoms with E-state index in [4.69, 9.17) is 11.6 Å². The fourth-order valence-corrected chi connectivity index (χ4v) is 3.58. The van der Waals surface area contributed by atoms with E-state index in [1.807, 2.05) is 0 Å². The molecule has 12 heteroatoms. The minimum atomic E-state index is -4.59. The lowest BCUT2D eigenvalue weighted by molar-refractivity contribution is -0.137. The van der Waals surface area contributed by atoms with Crippen molar-refractivity contribution in [1.82, 2.24) is 5.32 Å². The lowest BCUT2D eigenvalue weighted by Gasteiger charge is -2.12. The second kappa shape index (κ2) is 9.40. The minimum Gasteiger partial charge on any atom is -0.507 e. The number of hydrogen-bond acceptors (Lipinski definition) is 6. The topological polar surface area (TPSA) is 103 Å². The number of nitrogens with one attached hydrogen (secondary N) is 2. The molecule has 1 fully saturated rings. The second-order valence-corrected chi connectivity index (χ2v) is 7.85. The minimum absolute atomic E-state index is 0.0114. The van der Waals surface area contributed by atoms with Gasteiger partial charge in [-0.15, -0.1) is 5.10 Å². The molecule has 0 bridgehead atoms. The lowest BCUT2D eigenvalue weighted by atomic mass is 10.2. The van der Waals surface area contributed by atoms with Gasteiger partial charge < -0.3 is 15.7 Å². The molecule has 2 aromatic rings. The third-order valence-electron chi connectivity index (χ3n) is 4.00. The molecule has 1 aliphatic heterocycles. The van der Waals surface area contributed by atoms with Crippen LogP contribution in [-0.4, -0.2) is 33.6 Å². The number of rotatable bonds is 5. The van der Waals surface area contributed by atoms with Crippen LogP contribution in [0.2, 0.25) is 5.02 Å². The first-order chi connectivity index (χ1) is 14.6. The Morgan fingerprint density at radius 3 is 2.74 bits per heavy atom. The number of carbonyl (C=O) groups excluding carboxylic acids is 2. The van der Waals surface area contributed by atoms with E-state index in [9.17, 15) is 27.9 Å². The summed E-state index contributed by atoms with van der Waals surface area (Å²) < 4.78 is 38.5. The average Bonchev–Trinajstić information content (AvgIpc) is 3.03. The first-order valence-electron chi connectivity index (χ1n) is 8.66. The van der Waals surface area contributed by atoms with Crippen molar-refractivity contribution >= 4 is 52.2 Å². The zero-order valence-corrected chi connectivity index (χ0v) is 17.1. The number of para-hydroxylation sites is 1. The third kappa shape index (κ3) is 5.98. The Labute approximate surface area is 183 Å². The normalized spacial score (nSPS) is 17.9. The molecule has 162 valence electrons. The number of alkyl halides is 3. The summed E-state index contributed by atoms with van der Waals surface area (Å²) in [5, 5.41) is 21.3. The molecule has 0 radical (unpaired) electrons. The smallest absolute Gasteiger partial charge is 0.416 e. The molecule has 3 rings (SSSR count). The highest BCUT2D eigenvalue weighted by molar-refractivity contribution is 8.15. The Morgan fingerprint density at radius 1 is 1.29 bits per heavy atom. The first kappa shape index (κ1) is 22.6. The van der Waals surface area contributed by atoms with Crippen LogP contribution >= 0.6 is 23.4 Å². The SMILES string of the molecule is O=C(C[C@@H]1SC(=NN=Cc2ccccc2O)NC1=O)Nc1cc(C(F)(F)F)ccc1Cl. The summed E-state index contributed by atoms with van der Waals surface area (Å²) in [5.41, 5.74) is -0.738. The molecule has 0 unspecified atom stereocenters. The first-order valence-corrected chi connectivity index (χ1v) is 9.92. The van der Waals surface area contributed by atoms with E-state index in [0.29, 0.717) is 5.56 Å². The van der Waals surface area contributed by atoms with Crippen LogP contribution in [0, 0.1) is 0 Å². The highest BCUT2D eigenvalue weighted by atomic mass is 35.5. The molecule has 1 atom stereocenters. The molecule has 0 spiro atoms. The second-order valence-electron chi connectivity index (χ2n) is 6.25. The zero-order valence-electron chi connectivity index (χ0n) is 15.5. The summed E-state index contributed by atoms with van der Waals surface area (Å²) in [6.45, 7) is 0. The van der Waals surface area contributed by atoms with Crippen LogP contribution in [-0.2, 0) is 15.8 Å². The predicted molar refractivity (Wildman–Crippen MR) is 112 cm³/mol. The van der Waals surface area contributed by atoms with Gasteiger partial charge in [0, 0.05) is 12.0 Å². The number of phenolic OH excluding ortho intramolecular Hbond substituents is 1. The van der Waals surface area contributed by atoms with E-state index < -0.39 is 28.8 Å². The molecule has 0 aliphatic carbocycles. The Balaban J connectivity index is 1.61. The van der Waals surface area contributed by atoms with Gasteiger partial charge in [0.25, 0.3) is 0 Å².